The lowest BCUT2D eigenvalue weighted by Gasteiger charge is -2.01. The van der Waals surface area contributed by atoms with Crippen LogP contribution in [0.1, 0.15) is 10.5 Å². The van der Waals surface area contributed by atoms with Crippen LogP contribution in [0.4, 0.5) is 11.6 Å². The van der Waals surface area contributed by atoms with E-state index in [1.54, 1.807) is 13.2 Å². The third-order valence-electron chi connectivity index (χ3n) is 2.16. The van der Waals surface area contributed by atoms with Gasteiger partial charge in [-0.1, -0.05) is 0 Å². The summed E-state index contributed by atoms with van der Waals surface area (Å²) in [6.07, 6.45) is 4.32. The van der Waals surface area contributed by atoms with Crippen molar-refractivity contribution >= 4 is 17.5 Å². The number of nitrogens with zero attached hydrogens (tertiary/aromatic N) is 3. The fourth-order valence-electron chi connectivity index (χ4n) is 1.38. The number of anilines is 1. The number of rotatable bonds is 3. The van der Waals surface area contributed by atoms with Crippen LogP contribution in [-0.2, 0) is 7.05 Å². The molecule has 17 heavy (non-hydrogen) atoms. The van der Waals surface area contributed by atoms with Crippen LogP contribution < -0.4 is 5.32 Å². The molecule has 0 aliphatic rings. The van der Waals surface area contributed by atoms with E-state index in [1.807, 2.05) is 0 Å². The highest BCUT2D eigenvalue weighted by molar-refractivity contribution is 6.02. The minimum absolute atomic E-state index is 0.128. The second kappa shape index (κ2) is 4.08. The van der Waals surface area contributed by atoms with Gasteiger partial charge in [0.2, 0.25) is 5.95 Å². The lowest BCUT2D eigenvalue weighted by molar-refractivity contribution is -0.384. The van der Waals surface area contributed by atoms with Crippen LogP contribution in [-0.4, -0.2) is 25.4 Å². The number of aromatic amines is 1. The number of carbonyl (C=O) groups is 1. The van der Waals surface area contributed by atoms with Gasteiger partial charge in [0.1, 0.15) is 5.69 Å². The molecule has 2 rings (SSSR count). The quantitative estimate of drug-likeness (QED) is 0.609. The molecule has 2 aromatic rings. The summed E-state index contributed by atoms with van der Waals surface area (Å²) >= 11 is 0. The molecule has 1 amide bonds. The SMILES string of the molecule is Cn1cc([N+](=O)[O-])cc1C(=O)Nc1ncc[nH]1. The average Bonchev–Trinajstić information content (AvgIpc) is 2.86. The van der Waals surface area contributed by atoms with Gasteiger partial charge in [0.05, 0.1) is 11.1 Å². The summed E-state index contributed by atoms with van der Waals surface area (Å²) in [5.41, 5.74) is 0.0604. The summed E-state index contributed by atoms with van der Waals surface area (Å²) in [6.45, 7) is 0. The Kier molecular flexibility index (Phi) is 2.61. The van der Waals surface area contributed by atoms with Gasteiger partial charge in [0.15, 0.2) is 0 Å². The molecule has 2 N–H and O–H groups in total. The van der Waals surface area contributed by atoms with Crippen molar-refractivity contribution in [1.29, 1.82) is 0 Å². The minimum atomic E-state index is -0.552. The van der Waals surface area contributed by atoms with E-state index < -0.39 is 10.8 Å². The van der Waals surface area contributed by atoms with Crippen LogP contribution in [0.5, 0.6) is 0 Å². The summed E-state index contributed by atoms with van der Waals surface area (Å²) in [5, 5.41) is 13.0. The monoisotopic (exact) mass is 235 g/mol. The second-order valence-corrected chi connectivity index (χ2v) is 3.34. The Bertz CT molecular complexity index is 557. The van der Waals surface area contributed by atoms with Gasteiger partial charge in [-0.3, -0.25) is 20.2 Å². The van der Waals surface area contributed by atoms with E-state index in [-0.39, 0.29) is 11.4 Å². The zero-order valence-corrected chi connectivity index (χ0v) is 8.88. The molecular weight excluding hydrogens is 226 g/mol. The smallest absolute Gasteiger partial charge is 0.287 e. The lowest BCUT2D eigenvalue weighted by Crippen LogP contribution is -2.16. The second-order valence-electron chi connectivity index (χ2n) is 3.34. The highest BCUT2D eigenvalue weighted by atomic mass is 16.6. The summed E-state index contributed by atoms with van der Waals surface area (Å²) in [7, 11) is 1.56. The summed E-state index contributed by atoms with van der Waals surface area (Å²) in [5.74, 6) is -0.172. The maximum Gasteiger partial charge on any atom is 0.287 e. The standard InChI is InChI=1S/C9H9N5O3/c1-13-5-6(14(16)17)4-7(13)8(15)12-9-10-2-3-11-9/h2-5H,1H3,(H2,10,11,12,15). The van der Waals surface area contributed by atoms with Crippen molar-refractivity contribution in [2.75, 3.05) is 5.32 Å². The van der Waals surface area contributed by atoms with E-state index in [1.165, 1.54) is 23.0 Å². The number of aromatic nitrogens is 3. The van der Waals surface area contributed by atoms with E-state index in [2.05, 4.69) is 15.3 Å². The normalized spacial score (nSPS) is 10.2. The van der Waals surface area contributed by atoms with Gasteiger partial charge < -0.3 is 9.55 Å². The first-order chi connectivity index (χ1) is 8.08. The largest absolute Gasteiger partial charge is 0.340 e. The molecule has 0 aliphatic carbocycles. The van der Waals surface area contributed by atoms with Gasteiger partial charge in [0, 0.05) is 25.5 Å². The number of hydrogen-bond acceptors (Lipinski definition) is 4. The van der Waals surface area contributed by atoms with Crippen molar-refractivity contribution in [3.8, 4) is 0 Å². The maximum atomic E-state index is 11.8. The third kappa shape index (κ3) is 2.14. The molecule has 0 saturated heterocycles. The van der Waals surface area contributed by atoms with Crippen molar-refractivity contribution in [3.05, 3.63) is 40.5 Å². The molecule has 88 valence electrons. The average molecular weight is 235 g/mol. The Labute approximate surface area is 95.4 Å². The topological polar surface area (TPSA) is 106 Å². The first kappa shape index (κ1) is 10.9. The van der Waals surface area contributed by atoms with Crippen LogP contribution >= 0.6 is 0 Å². The molecule has 8 nitrogen and oxygen atoms in total. The Hall–Kier alpha value is -2.64. The highest BCUT2D eigenvalue weighted by Gasteiger charge is 2.17. The zero-order chi connectivity index (χ0) is 12.4. The van der Waals surface area contributed by atoms with Crippen LogP contribution in [0, 0.1) is 10.1 Å². The molecule has 0 fully saturated rings. The van der Waals surface area contributed by atoms with Gasteiger partial charge in [-0.15, -0.1) is 0 Å². The van der Waals surface area contributed by atoms with Crippen LogP contribution in [0.2, 0.25) is 0 Å². The summed E-state index contributed by atoms with van der Waals surface area (Å²) in [4.78, 5) is 28.3. The third-order valence-corrected chi connectivity index (χ3v) is 2.16. The number of amides is 1. The van der Waals surface area contributed by atoms with Gasteiger partial charge in [-0.05, 0) is 0 Å². The summed E-state index contributed by atoms with van der Waals surface area (Å²) < 4.78 is 1.39. The molecule has 0 radical (unpaired) electrons. The molecule has 0 aliphatic heterocycles. The predicted molar refractivity (Wildman–Crippen MR) is 58.6 cm³/mol. The molecule has 0 spiro atoms. The van der Waals surface area contributed by atoms with Crippen molar-refractivity contribution in [3.63, 3.8) is 0 Å². The van der Waals surface area contributed by atoms with E-state index in [0.29, 0.717) is 5.95 Å². The van der Waals surface area contributed by atoms with E-state index in [0.717, 1.165) is 0 Å². The van der Waals surface area contributed by atoms with Crippen molar-refractivity contribution in [2.45, 2.75) is 0 Å². The number of nitrogens with one attached hydrogen (secondary N) is 2. The first-order valence-corrected chi connectivity index (χ1v) is 4.69. The van der Waals surface area contributed by atoms with E-state index in [4.69, 9.17) is 0 Å². The Morgan fingerprint density at radius 3 is 2.94 bits per heavy atom. The minimum Gasteiger partial charge on any atom is -0.340 e. The Balaban J connectivity index is 2.22. The summed E-state index contributed by atoms with van der Waals surface area (Å²) in [6, 6.07) is 1.21. The fourth-order valence-corrected chi connectivity index (χ4v) is 1.38. The van der Waals surface area contributed by atoms with Gasteiger partial charge in [0.25, 0.3) is 11.6 Å². The molecule has 2 aromatic heterocycles. The van der Waals surface area contributed by atoms with Crippen molar-refractivity contribution < 1.29 is 9.72 Å². The number of imidazole rings is 1. The van der Waals surface area contributed by atoms with Crippen molar-refractivity contribution in [2.24, 2.45) is 7.05 Å². The molecule has 2 heterocycles. The lowest BCUT2D eigenvalue weighted by atomic mass is 10.4. The maximum absolute atomic E-state index is 11.8. The van der Waals surface area contributed by atoms with Gasteiger partial charge in [-0.2, -0.15) is 0 Å². The molecule has 0 unspecified atom stereocenters. The van der Waals surface area contributed by atoms with Crippen LogP contribution in [0.15, 0.2) is 24.7 Å². The molecule has 0 bridgehead atoms. The number of hydrogen-bond donors (Lipinski definition) is 2. The zero-order valence-electron chi connectivity index (χ0n) is 8.88. The molecule has 0 saturated carbocycles. The number of carbonyl (C=O) groups excluding carboxylic acids is 1. The molecule has 8 heteroatoms. The van der Waals surface area contributed by atoms with E-state index >= 15 is 0 Å². The highest BCUT2D eigenvalue weighted by Crippen LogP contribution is 2.15. The number of nitro groups is 1. The number of H-pyrrole nitrogens is 1. The molecule has 0 aromatic carbocycles. The predicted octanol–water partition coefficient (Wildman–Crippen LogP) is 0.909. The Morgan fingerprint density at radius 1 is 1.65 bits per heavy atom. The Morgan fingerprint density at radius 2 is 2.41 bits per heavy atom. The van der Waals surface area contributed by atoms with Crippen LogP contribution in [0.25, 0.3) is 0 Å². The van der Waals surface area contributed by atoms with E-state index in [9.17, 15) is 14.9 Å². The van der Waals surface area contributed by atoms with Crippen LogP contribution in [0.3, 0.4) is 0 Å². The first-order valence-electron chi connectivity index (χ1n) is 4.69. The van der Waals surface area contributed by atoms with Gasteiger partial charge >= 0.3 is 0 Å². The molecular formula is C9H9N5O3. The number of aryl methyl sites for hydroxylation is 1. The van der Waals surface area contributed by atoms with Gasteiger partial charge in [-0.25, -0.2) is 4.98 Å². The fraction of sp³-hybridized carbons (Fsp3) is 0.111. The van der Waals surface area contributed by atoms with Crippen molar-refractivity contribution in [1.82, 2.24) is 14.5 Å². The molecule has 0 atom stereocenters.